The smallest absolute Gasteiger partial charge is 0.224 e. The van der Waals surface area contributed by atoms with Crippen LogP contribution in [0.15, 0.2) is 66.1 Å². The predicted octanol–water partition coefficient (Wildman–Crippen LogP) is 3.36. The molecular weight excluding hydrogens is 747 g/mol. The summed E-state index contributed by atoms with van der Waals surface area (Å²) in [6.07, 6.45) is 6.12. The Morgan fingerprint density at radius 2 is 1.16 bits per heavy atom. The summed E-state index contributed by atoms with van der Waals surface area (Å²) >= 11 is 0. The number of halogens is 2. The molecule has 56 heavy (non-hydrogen) atoms. The van der Waals surface area contributed by atoms with Crippen LogP contribution in [0.3, 0.4) is 0 Å². The van der Waals surface area contributed by atoms with E-state index in [1.54, 1.807) is 25.7 Å². The van der Waals surface area contributed by atoms with Crippen molar-refractivity contribution in [1.29, 1.82) is 0 Å². The predicted molar refractivity (Wildman–Crippen MR) is 208 cm³/mol. The summed E-state index contributed by atoms with van der Waals surface area (Å²) in [6, 6.07) is 10.8. The molecule has 2 aromatic carbocycles. The molecule has 18 heteroatoms. The Balaban J connectivity index is 0.000000205. The van der Waals surface area contributed by atoms with Crippen LogP contribution in [0, 0.1) is 11.6 Å². The highest BCUT2D eigenvalue weighted by molar-refractivity contribution is 7.84. The molecule has 1 atom stereocenters. The van der Waals surface area contributed by atoms with Crippen LogP contribution in [0.5, 0.6) is 0 Å². The standard InChI is InChI=1S/C18H20FN5O2.C13H12FN3O2S.C7H14N2O/c1-11(25)24-8-6-14(7-9-24)22-18-21-10-15(17(20)23-18)16(26)12-2-4-13(19)5-3-12;1-2-20(19)13-16-7-10(12(15)17-13)11(18)8-3-5-9(14)6-4-8;1-6(10)9-4-2-7(8)3-5-9/h2-5,10,14H,6-9H2,1H3,(H3,20,21,22,23);3-7H,2H2,1H3,(H2,15,16,17);7H,2-5,8H2,1H3. The Bertz CT molecular complexity index is 2020. The number of likely N-dealkylation sites (tertiary alicyclic amines) is 2. The van der Waals surface area contributed by atoms with Crippen LogP contribution in [0.25, 0.3) is 0 Å². The van der Waals surface area contributed by atoms with Gasteiger partial charge >= 0.3 is 0 Å². The Morgan fingerprint density at radius 3 is 1.57 bits per heavy atom. The molecule has 2 aliphatic rings. The van der Waals surface area contributed by atoms with E-state index in [1.165, 1.54) is 60.9 Å². The van der Waals surface area contributed by atoms with Gasteiger partial charge in [-0.3, -0.25) is 23.4 Å². The van der Waals surface area contributed by atoms with E-state index in [9.17, 15) is 32.2 Å². The molecule has 0 bridgehead atoms. The highest BCUT2D eigenvalue weighted by Gasteiger charge is 2.22. The van der Waals surface area contributed by atoms with Gasteiger partial charge in [-0.15, -0.1) is 0 Å². The fourth-order valence-electron chi connectivity index (χ4n) is 5.68. The number of aromatic nitrogens is 4. The zero-order chi connectivity index (χ0) is 40.9. The van der Waals surface area contributed by atoms with Gasteiger partial charge in [0.15, 0.2) is 11.6 Å². The van der Waals surface area contributed by atoms with Crippen LogP contribution >= 0.6 is 0 Å². The van der Waals surface area contributed by atoms with E-state index in [-0.39, 0.29) is 57.1 Å². The van der Waals surface area contributed by atoms with Crippen molar-refractivity contribution in [2.24, 2.45) is 5.73 Å². The van der Waals surface area contributed by atoms with Gasteiger partial charge in [-0.05, 0) is 74.2 Å². The van der Waals surface area contributed by atoms with Crippen LogP contribution < -0.4 is 22.5 Å². The van der Waals surface area contributed by atoms with Gasteiger partial charge in [0, 0.05) is 81.4 Å². The maximum Gasteiger partial charge on any atom is 0.224 e. The first-order chi connectivity index (χ1) is 26.7. The summed E-state index contributed by atoms with van der Waals surface area (Å²) in [5.41, 5.74) is 18.2. The quantitative estimate of drug-likeness (QED) is 0.148. The summed E-state index contributed by atoms with van der Waals surface area (Å²) in [5, 5.41) is 3.29. The second-order valence-electron chi connectivity index (χ2n) is 13.0. The number of nitrogens with zero attached hydrogens (tertiary/aromatic N) is 6. The molecule has 2 amide bonds. The molecule has 4 heterocycles. The van der Waals surface area contributed by atoms with Crippen molar-refractivity contribution >= 4 is 51.8 Å². The van der Waals surface area contributed by atoms with Gasteiger partial charge in [-0.2, -0.15) is 4.98 Å². The van der Waals surface area contributed by atoms with Crippen molar-refractivity contribution < 1.29 is 32.2 Å². The summed E-state index contributed by atoms with van der Waals surface area (Å²) in [4.78, 5) is 66.5. The third-order valence-electron chi connectivity index (χ3n) is 9.04. The Kier molecular flexibility index (Phi) is 15.5. The number of carbonyl (C=O) groups is 4. The monoisotopic (exact) mass is 792 g/mol. The van der Waals surface area contributed by atoms with Gasteiger partial charge < -0.3 is 32.3 Å². The molecule has 298 valence electrons. The fraction of sp³-hybridized carbons (Fsp3) is 0.368. The fourth-order valence-corrected chi connectivity index (χ4v) is 6.31. The number of nitrogens with one attached hydrogen (secondary N) is 1. The molecule has 0 spiro atoms. The SMILES string of the molecule is CC(=O)N1CCC(N)CC1.CC(=O)N1CCC(Nc2ncc(C(=O)c3ccc(F)cc3)c(N)n2)CC1.CCS(=O)c1ncc(C(=O)c2ccc(F)cc2)c(N)n1. The van der Waals surface area contributed by atoms with Crippen molar-refractivity contribution in [2.75, 3.05) is 48.7 Å². The van der Waals surface area contributed by atoms with Crippen molar-refractivity contribution in [3.63, 3.8) is 0 Å². The third kappa shape index (κ3) is 12.1. The van der Waals surface area contributed by atoms with E-state index in [4.69, 9.17) is 17.2 Å². The second-order valence-corrected chi connectivity index (χ2v) is 14.7. The topological polar surface area (TPSA) is 233 Å². The van der Waals surface area contributed by atoms with E-state index < -0.39 is 28.2 Å². The first-order valence-electron chi connectivity index (χ1n) is 17.9. The lowest BCUT2D eigenvalue weighted by atomic mass is 10.0. The van der Waals surface area contributed by atoms with Gasteiger partial charge in [0.1, 0.15) is 23.3 Å². The average Bonchev–Trinajstić information content (AvgIpc) is 3.18. The van der Waals surface area contributed by atoms with Gasteiger partial charge in [0.05, 0.1) is 21.9 Å². The lowest BCUT2D eigenvalue weighted by Gasteiger charge is -2.31. The lowest BCUT2D eigenvalue weighted by molar-refractivity contribution is -0.130. The number of ketones is 2. The Morgan fingerprint density at radius 1 is 0.732 bits per heavy atom. The van der Waals surface area contributed by atoms with Gasteiger partial charge in [0.2, 0.25) is 22.9 Å². The average molecular weight is 793 g/mol. The van der Waals surface area contributed by atoms with E-state index in [1.807, 2.05) is 4.90 Å². The zero-order valence-corrected chi connectivity index (χ0v) is 32.2. The van der Waals surface area contributed by atoms with Crippen LogP contribution in [-0.2, 0) is 20.4 Å². The number of carbonyl (C=O) groups excluding carboxylic acids is 4. The minimum atomic E-state index is -1.33. The van der Waals surface area contributed by atoms with Crippen molar-refractivity contribution in [2.45, 2.75) is 63.7 Å². The van der Waals surface area contributed by atoms with Gasteiger partial charge in [-0.25, -0.2) is 23.7 Å². The minimum Gasteiger partial charge on any atom is -0.383 e. The summed E-state index contributed by atoms with van der Waals surface area (Å²) < 4.78 is 37.4. The summed E-state index contributed by atoms with van der Waals surface area (Å²) in [6.45, 7) is 7.96. The van der Waals surface area contributed by atoms with Crippen LogP contribution in [-0.4, -0.2) is 101 Å². The summed E-state index contributed by atoms with van der Waals surface area (Å²) in [5.74, 6) is -0.617. The number of anilines is 3. The maximum absolute atomic E-state index is 13.0. The molecule has 0 saturated carbocycles. The number of hydrogen-bond donors (Lipinski definition) is 4. The van der Waals surface area contributed by atoms with Crippen molar-refractivity contribution in [3.05, 3.63) is 94.8 Å². The van der Waals surface area contributed by atoms with E-state index in [0.717, 1.165) is 38.8 Å². The molecule has 7 N–H and O–H groups in total. The Labute approximate surface area is 325 Å². The van der Waals surface area contributed by atoms with Crippen LogP contribution in [0.1, 0.15) is 78.3 Å². The zero-order valence-electron chi connectivity index (χ0n) is 31.4. The first-order valence-corrected chi connectivity index (χ1v) is 19.3. The highest BCUT2D eigenvalue weighted by atomic mass is 32.2. The number of benzene rings is 2. The molecule has 0 radical (unpaired) electrons. The first kappa shape index (κ1) is 43.0. The normalized spacial score (nSPS) is 15.0. The van der Waals surface area contributed by atoms with E-state index in [0.29, 0.717) is 36.4 Å². The lowest BCUT2D eigenvalue weighted by Crippen LogP contribution is -2.41. The second kappa shape index (κ2) is 20.2. The molecule has 2 aliphatic heterocycles. The van der Waals surface area contributed by atoms with Crippen molar-refractivity contribution in [3.8, 4) is 0 Å². The molecular formula is C38H46F2N10O5S. The van der Waals surface area contributed by atoms with E-state index >= 15 is 0 Å². The molecule has 2 fully saturated rings. The number of nitrogens with two attached hydrogens (primary N) is 3. The molecule has 6 rings (SSSR count). The largest absolute Gasteiger partial charge is 0.383 e. The van der Waals surface area contributed by atoms with Gasteiger partial charge in [0.25, 0.3) is 0 Å². The molecule has 1 unspecified atom stereocenters. The number of rotatable bonds is 8. The molecule has 2 saturated heterocycles. The number of hydrogen-bond acceptors (Lipinski definition) is 13. The minimum absolute atomic E-state index is 0.0360. The number of piperidine rings is 2. The van der Waals surface area contributed by atoms with Crippen molar-refractivity contribution in [1.82, 2.24) is 29.7 Å². The molecule has 4 aromatic rings. The number of amides is 2. The van der Waals surface area contributed by atoms with Crippen LogP contribution in [0.4, 0.5) is 26.4 Å². The maximum atomic E-state index is 13.0. The summed E-state index contributed by atoms with van der Waals surface area (Å²) in [7, 11) is -1.33. The van der Waals surface area contributed by atoms with Crippen LogP contribution in [0.2, 0.25) is 0 Å². The molecule has 2 aromatic heterocycles. The van der Waals surface area contributed by atoms with Gasteiger partial charge in [-0.1, -0.05) is 6.92 Å². The molecule has 0 aliphatic carbocycles. The van der Waals surface area contributed by atoms with E-state index in [2.05, 4.69) is 25.3 Å². The molecule has 15 nitrogen and oxygen atoms in total. The Hall–Kier alpha value is -5.75. The third-order valence-corrected chi connectivity index (χ3v) is 10.2. The number of nitrogen functional groups attached to an aromatic ring is 2. The highest BCUT2D eigenvalue weighted by Crippen LogP contribution is 2.20.